The van der Waals surface area contributed by atoms with Crippen LogP contribution in [-0.4, -0.2) is 55.7 Å². The molecule has 0 saturated heterocycles. The summed E-state index contributed by atoms with van der Waals surface area (Å²) in [6.07, 6.45) is 1.02. The molecule has 0 rings (SSSR count). The first-order chi connectivity index (χ1) is 13.6. The van der Waals surface area contributed by atoms with Crippen molar-refractivity contribution in [1.82, 2.24) is 4.72 Å². The number of carboxylic acids is 1. The van der Waals surface area contributed by atoms with E-state index >= 15 is 0 Å². The highest BCUT2D eigenvalue weighted by molar-refractivity contribution is 7.90. The Labute approximate surface area is 191 Å². The number of methoxy groups -OCH3 is 1. The van der Waals surface area contributed by atoms with Gasteiger partial charge in [0.05, 0.1) is 17.6 Å². The van der Waals surface area contributed by atoms with Gasteiger partial charge in [-0.1, -0.05) is 27.7 Å². The zero-order chi connectivity index (χ0) is 25.5. The first-order valence-electron chi connectivity index (χ1n) is 11.0. The van der Waals surface area contributed by atoms with Crippen molar-refractivity contribution in [3.05, 3.63) is 0 Å². The Morgan fingerprint density at radius 1 is 0.935 bits per heavy atom. The number of hydrogen-bond acceptors (Lipinski definition) is 5. The molecule has 0 aliphatic carbocycles. The molecular weight excluding hydrogens is 418 g/mol. The Kier molecular flexibility index (Phi) is 12.0. The molecule has 0 fully saturated rings. The fourth-order valence-corrected chi connectivity index (χ4v) is 4.57. The molecule has 0 heterocycles. The molecule has 31 heavy (non-hydrogen) atoms. The Morgan fingerprint density at radius 2 is 1.39 bits per heavy atom. The number of carbonyl (C=O) groups is 1. The predicted molar refractivity (Wildman–Crippen MR) is 128 cm³/mol. The molecule has 8 heteroatoms. The van der Waals surface area contributed by atoms with Crippen LogP contribution in [0, 0.1) is 10.8 Å². The van der Waals surface area contributed by atoms with E-state index in [1.165, 1.54) is 7.11 Å². The van der Waals surface area contributed by atoms with Gasteiger partial charge in [-0.05, 0) is 73.6 Å². The van der Waals surface area contributed by atoms with Gasteiger partial charge in [-0.25, -0.2) is 13.1 Å². The van der Waals surface area contributed by atoms with Gasteiger partial charge in [0.25, 0.3) is 0 Å². The van der Waals surface area contributed by atoms with Crippen LogP contribution in [0.5, 0.6) is 0 Å². The quantitative estimate of drug-likeness (QED) is 0.401. The second kappa shape index (κ2) is 11.4. The van der Waals surface area contributed by atoms with Gasteiger partial charge in [0, 0.05) is 19.3 Å². The number of ether oxygens (including phenoxy) is 2. The zero-order valence-electron chi connectivity index (χ0n) is 22.2. The minimum Gasteiger partial charge on any atom is -0.481 e. The highest BCUT2D eigenvalue weighted by Crippen LogP contribution is 2.45. The fourth-order valence-electron chi connectivity index (χ4n) is 3.19. The molecule has 188 valence electrons. The van der Waals surface area contributed by atoms with Crippen molar-refractivity contribution in [2.45, 2.75) is 112 Å². The van der Waals surface area contributed by atoms with Crippen LogP contribution in [0.2, 0.25) is 0 Å². The molecule has 0 spiro atoms. The molecule has 0 aliphatic rings. The van der Waals surface area contributed by atoms with Crippen molar-refractivity contribution in [3.8, 4) is 0 Å². The van der Waals surface area contributed by atoms with Crippen molar-refractivity contribution in [2.24, 2.45) is 10.8 Å². The highest BCUT2D eigenvalue weighted by atomic mass is 32.2. The van der Waals surface area contributed by atoms with Gasteiger partial charge in [-0.15, -0.1) is 0 Å². The van der Waals surface area contributed by atoms with E-state index in [2.05, 4.69) is 4.72 Å². The maximum absolute atomic E-state index is 12.7. The second-order valence-corrected chi connectivity index (χ2v) is 13.3. The second-order valence-electron chi connectivity index (χ2n) is 11.0. The fraction of sp³-hybridized carbons (Fsp3) is 0.957. The number of carboxylic acid groups (broad SMARTS) is 1. The number of hydrogen-bond donors (Lipinski definition) is 2. The van der Waals surface area contributed by atoms with E-state index < -0.39 is 42.7 Å². The van der Waals surface area contributed by atoms with Crippen LogP contribution in [0.4, 0.5) is 0 Å². The van der Waals surface area contributed by atoms with Crippen LogP contribution in [0.25, 0.3) is 0 Å². The van der Waals surface area contributed by atoms with Crippen LogP contribution >= 0.6 is 0 Å². The minimum atomic E-state index is -3.60. The monoisotopic (exact) mass is 467 g/mol. The van der Waals surface area contributed by atoms with Crippen LogP contribution < -0.4 is 4.72 Å². The van der Waals surface area contributed by atoms with E-state index in [-0.39, 0.29) is 6.61 Å². The summed E-state index contributed by atoms with van der Waals surface area (Å²) in [4.78, 5) is 11.6. The zero-order valence-corrected chi connectivity index (χ0v) is 23.0. The molecular formula is C23H49NO6S. The summed E-state index contributed by atoms with van der Waals surface area (Å²) in [6.45, 7) is 22.5. The van der Waals surface area contributed by atoms with E-state index in [1.54, 1.807) is 27.7 Å². The lowest BCUT2D eigenvalue weighted by atomic mass is 9.63. The van der Waals surface area contributed by atoms with Gasteiger partial charge in [0.2, 0.25) is 10.0 Å². The third kappa shape index (κ3) is 9.76. The third-order valence-corrected chi connectivity index (χ3v) is 8.34. The predicted octanol–water partition coefficient (Wildman–Crippen LogP) is 4.85. The maximum Gasteiger partial charge on any atom is 0.309 e. The van der Waals surface area contributed by atoms with E-state index in [0.29, 0.717) is 19.4 Å². The largest absolute Gasteiger partial charge is 0.481 e. The molecule has 0 aliphatic heterocycles. The Bertz CT molecular complexity index is 664. The lowest BCUT2D eigenvalue weighted by Crippen LogP contribution is -2.53. The molecule has 0 aromatic heterocycles. The summed E-state index contributed by atoms with van der Waals surface area (Å²) in [5.74, 6) is -0.840. The maximum atomic E-state index is 12.7. The van der Waals surface area contributed by atoms with E-state index in [1.807, 2.05) is 55.4 Å². The van der Waals surface area contributed by atoms with Gasteiger partial charge < -0.3 is 14.6 Å². The molecule has 0 saturated carbocycles. The van der Waals surface area contributed by atoms with Gasteiger partial charge in [0.15, 0.2) is 0 Å². The summed E-state index contributed by atoms with van der Waals surface area (Å²) in [5.41, 5.74) is -2.66. The SMILES string of the molecule is CC.COCC(C)(C)S(=O)(=O)NC(C)(C)CCOC(C)(C)CC(C)(C)C(C)(C)C(=O)O. The van der Waals surface area contributed by atoms with Crippen LogP contribution in [0.15, 0.2) is 0 Å². The van der Waals surface area contributed by atoms with Gasteiger partial charge in [-0.2, -0.15) is 0 Å². The summed E-state index contributed by atoms with van der Waals surface area (Å²) in [5, 5.41) is 9.55. The smallest absolute Gasteiger partial charge is 0.309 e. The average molecular weight is 468 g/mol. The third-order valence-electron chi connectivity index (χ3n) is 5.94. The molecule has 0 aromatic carbocycles. The van der Waals surface area contributed by atoms with Gasteiger partial charge in [-0.3, -0.25) is 4.79 Å². The standard InChI is InChI=1S/C21H43NO6S.C2H6/c1-17(2,21(9,10)16(23)24)14-19(5,6)28-13-12-18(3,4)22-29(25,26)20(7,8)15-27-11;1-2/h22H,12-15H2,1-11H3,(H,23,24);1-2H3. The highest BCUT2D eigenvalue weighted by Gasteiger charge is 2.46. The van der Waals surface area contributed by atoms with Crippen molar-refractivity contribution < 1.29 is 27.8 Å². The summed E-state index contributed by atoms with van der Waals surface area (Å²) in [7, 11) is -2.12. The molecule has 0 amide bonds. The van der Waals surface area contributed by atoms with Crippen LogP contribution in [0.1, 0.15) is 95.9 Å². The van der Waals surface area contributed by atoms with Crippen LogP contribution in [-0.2, 0) is 24.3 Å². The van der Waals surface area contributed by atoms with Crippen molar-refractivity contribution in [2.75, 3.05) is 20.3 Å². The Balaban J connectivity index is 0. The minimum absolute atomic E-state index is 0.0936. The van der Waals surface area contributed by atoms with Gasteiger partial charge >= 0.3 is 5.97 Å². The Hall–Kier alpha value is -0.700. The lowest BCUT2D eigenvalue weighted by molar-refractivity contribution is -0.157. The Morgan fingerprint density at radius 3 is 1.77 bits per heavy atom. The molecule has 2 N–H and O–H groups in total. The number of nitrogens with one attached hydrogen (secondary N) is 1. The first-order valence-corrected chi connectivity index (χ1v) is 12.5. The average Bonchev–Trinajstić information content (AvgIpc) is 2.53. The van der Waals surface area contributed by atoms with E-state index in [0.717, 1.165) is 0 Å². The first kappa shape index (κ1) is 32.5. The number of rotatable bonds is 13. The normalized spacial score (nSPS) is 14.1. The molecule has 0 bridgehead atoms. The molecule has 0 unspecified atom stereocenters. The van der Waals surface area contributed by atoms with Crippen molar-refractivity contribution in [3.63, 3.8) is 0 Å². The summed E-state index contributed by atoms with van der Waals surface area (Å²) < 4.78 is 38.2. The molecule has 0 aromatic rings. The summed E-state index contributed by atoms with van der Waals surface area (Å²) in [6, 6.07) is 0. The van der Waals surface area contributed by atoms with E-state index in [9.17, 15) is 18.3 Å². The lowest BCUT2D eigenvalue weighted by Gasteiger charge is -2.43. The molecule has 0 radical (unpaired) electrons. The molecule has 7 nitrogen and oxygen atoms in total. The van der Waals surface area contributed by atoms with Gasteiger partial charge in [0.1, 0.15) is 4.75 Å². The summed E-state index contributed by atoms with van der Waals surface area (Å²) >= 11 is 0. The number of sulfonamides is 1. The van der Waals surface area contributed by atoms with Crippen molar-refractivity contribution >= 4 is 16.0 Å². The number of aliphatic carboxylic acids is 1. The van der Waals surface area contributed by atoms with Crippen molar-refractivity contribution in [1.29, 1.82) is 0 Å². The molecule has 0 atom stereocenters. The van der Waals surface area contributed by atoms with Crippen LogP contribution in [0.3, 0.4) is 0 Å². The topological polar surface area (TPSA) is 102 Å². The van der Waals surface area contributed by atoms with E-state index in [4.69, 9.17) is 9.47 Å².